The Balaban J connectivity index is 1.85. The van der Waals surface area contributed by atoms with E-state index in [1.54, 1.807) is 22.1 Å². The summed E-state index contributed by atoms with van der Waals surface area (Å²) in [6, 6.07) is 0. The molecule has 1 N–H and O–H groups in total. The van der Waals surface area contributed by atoms with Gasteiger partial charge < -0.3 is 22.9 Å². The number of aliphatic imine (C=N–C) groups is 1. The Kier molecular flexibility index (Phi) is 7.85. The molecule has 2 aliphatic heterocycles. The number of nitrogens with one attached hydrogen (secondary N) is 1. The third-order valence-electron chi connectivity index (χ3n) is 8.35. The summed E-state index contributed by atoms with van der Waals surface area (Å²) in [5, 5.41) is -0.415. The second-order valence-corrected chi connectivity index (χ2v) is 24.4. The lowest BCUT2D eigenvalue weighted by atomic mass is 10.1. The molecule has 2 aliphatic rings. The largest absolute Gasteiger partial charge is 0.407 e. The number of fused-ring (bicyclic) bond motifs is 2. The van der Waals surface area contributed by atoms with Crippen LogP contribution in [0.25, 0.3) is 11.2 Å². The van der Waals surface area contributed by atoms with Gasteiger partial charge in [-0.05, 0) is 18.1 Å². The van der Waals surface area contributed by atoms with Crippen molar-refractivity contribution >= 4 is 40.3 Å². The minimum Gasteiger partial charge on any atom is -0.407 e. The van der Waals surface area contributed by atoms with E-state index in [0.29, 0.717) is 12.3 Å². The molecule has 4 heterocycles. The van der Waals surface area contributed by atoms with Crippen LogP contribution in [0.3, 0.4) is 0 Å². The first-order valence-electron chi connectivity index (χ1n) is 14.0. The van der Waals surface area contributed by atoms with Gasteiger partial charge in [0.15, 0.2) is 25.7 Å². The van der Waals surface area contributed by atoms with E-state index in [4.69, 9.17) is 18.0 Å². The molecule has 11 nitrogen and oxygen atoms in total. The van der Waals surface area contributed by atoms with Gasteiger partial charge in [0.1, 0.15) is 18.3 Å². The molecule has 2 fully saturated rings. The van der Waals surface area contributed by atoms with Crippen LogP contribution in [-0.4, -0.2) is 86.6 Å². The van der Waals surface area contributed by atoms with Gasteiger partial charge in [-0.3, -0.25) is 14.3 Å². The molecule has 0 bridgehead atoms. The number of aromatic nitrogens is 4. The minimum atomic E-state index is -2.81. The Morgan fingerprint density at radius 1 is 1.15 bits per heavy atom. The van der Waals surface area contributed by atoms with Crippen LogP contribution in [0.2, 0.25) is 28.2 Å². The van der Waals surface area contributed by atoms with E-state index in [-0.39, 0.29) is 44.3 Å². The molecule has 4 rings (SSSR count). The van der Waals surface area contributed by atoms with Crippen molar-refractivity contribution in [2.45, 2.75) is 115 Å². The molecular formula is C27H48N6O5Si2. The molecule has 13 heteroatoms. The lowest BCUT2D eigenvalue weighted by molar-refractivity contribution is -0.0795. The first-order valence-corrected chi connectivity index (χ1v) is 18.7. The zero-order chi connectivity index (χ0) is 30.1. The topological polar surface area (TPSA) is 116 Å². The fraction of sp³-hybridized carbons (Fsp3) is 0.778. The zero-order valence-electron chi connectivity index (χ0n) is 26.4. The summed E-state index contributed by atoms with van der Waals surface area (Å²) in [4.78, 5) is 30.7. The van der Waals surface area contributed by atoms with E-state index in [9.17, 15) is 4.79 Å². The fourth-order valence-corrected chi connectivity index (χ4v) is 11.8. The Bertz CT molecular complexity index is 1300. The lowest BCUT2D eigenvalue weighted by Crippen LogP contribution is -2.66. The van der Waals surface area contributed by atoms with Crippen LogP contribution < -0.4 is 5.56 Å². The summed E-state index contributed by atoms with van der Waals surface area (Å²) in [6.45, 7) is 24.8. The third kappa shape index (κ3) is 5.36. The van der Waals surface area contributed by atoms with Gasteiger partial charge in [0.25, 0.3) is 5.56 Å². The van der Waals surface area contributed by atoms with Crippen molar-refractivity contribution in [3.05, 3.63) is 16.7 Å². The van der Waals surface area contributed by atoms with Gasteiger partial charge in [0.05, 0.1) is 19.3 Å². The molecule has 0 aliphatic carbocycles. The number of nitrogens with zero attached hydrogens (tertiary/aromatic N) is 5. The summed E-state index contributed by atoms with van der Waals surface area (Å²) < 4.78 is 29.5. The predicted octanol–water partition coefficient (Wildman–Crippen LogP) is 5.09. The van der Waals surface area contributed by atoms with E-state index in [1.807, 2.05) is 14.1 Å². The highest BCUT2D eigenvalue weighted by Gasteiger charge is 2.66. The number of H-pyrrole nitrogens is 1. The molecule has 224 valence electrons. The van der Waals surface area contributed by atoms with Crippen molar-refractivity contribution in [3.63, 3.8) is 0 Å². The summed E-state index contributed by atoms with van der Waals surface area (Å²) in [7, 11) is -1.40. The lowest BCUT2D eigenvalue weighted by Gasteiger charge is -2.54. The molecule has 40 heavy (non-hydrogen) atoms. The number of rotatable bonds is 5. The predicted molar refractivity (Wildman–Crippen MR) is 162 cm³/mol. The highest BCUT2D eigenvalue weighted by molar-refractivity contribution is 6.74. The molecule has 4 atom stereocenters. The normalized spacial score (nSPS) is 26.0. The zero-order valence-corrected chi connectivity index (χ0v) is 28.4. The van der Waals surface area contributed by atoms with E-state index >= 15 is 0 Å². The number of hydrogen-bond donors (Lipinski definition) is 1. The highest BCUT2D eigenvalue weighted by atomic mass is 28.4. The van der Waals surface area contributed by atoms with Crippen LogP contribution in [0.15, 0.2) is 16.1 Å². The molecule has 0 spiro atoms. The van der Waals surface area contributed by atoms with Gasteiger partial charge >= 0.3 is 8.56 Å². The van der Waals surface area contributed by atoms with Crippen molar-refractivity contribution in [1.29, 1.82) is 0 Å². The Hall–Kier alpha value is -1.91. The van der Waals surface area contributed by atoms with Crippen LogP contribution in [0, 0.1) is 0 Å². The number of hydrogen-bond acceptors (Lipinski definition) is 8. The maximum Gasteiger partial charge on any atom is 0.349 e. The Morgan fingerprint density at radius 2 is 1.77 bits per heavy atom. The summed E-state index contributed by atoms with van der Waals surface area (Å²) >= 11 is 0. The number of imidazole rings is 1. The van der Waals surface area contributed by atoms with Crippen LogP contribution >= 0.6 is 0 Å². The average molecular weight is 593 g/mol. The SMILES string of the molecule is CN(C)/C=N/c1nc2c(ncn2[C@@H]2O[C@@H]3CO[Si](C(C)(C)C)(C(C)(C)C)O[C@H]3[C@H]2O[Si](C)(C)C(C)(C)C)c(=O)[nH]1. The molecule has 0 amide bonds. The maximum absolute atomic E-state index is 12.9. The monoisotopic (exact) mass is 592 g/mol. The van der Waals surface area contributed by atoms with Crippen molar-refractivity contribution in [2.75, 3.05) is 20.7 Å². The standard InChI is InChI=1S/C27H48N6O5Si2/c1-25(2,3)39(12,13)37-20-19-17(14-35-40(38-19,26(4,5)6)27(7,8)9)36-23(20)33-16-28-18-21(33)30-24(31-22(18)34)29-15-32(10)11/h15-17,19-20,23H,14H2,1-13H3,(H,30,31,34)/b29-15+/t17-,19-,20-,23-/m1/s1. The number of aromatic amines is 1. The van der Waals surface area contributed by atoms with Gasteiger partial charge in [-0.15, -0.1) is 0 Å². The van der Waals surface area contributed by atoms with Crippen LogP contribution in [-0.2, 0) is 18.0 Å². The van der Waals surface area contributed by atoms with Crippen molar-refractivity contribution in [3.8, 4) is 0 Å². The minimum absolute atomic E-state index is 0.0379. The highest BCUT2D eigenvalue weighted by Crippen LogP contribution is 2.56. The van der Waals surface area contributed by atoms with E-state index in [2.05, 4.69) is 95.4 Å². The van der Waals surface area contributed by atoms with E-state index in [0.717, 1.165) is 0 Å². The van der Waals surface area contributed by atoms with Crippen LogP contribution in [0.4, 0.5) is 5.95 Å². The molecular weight excluding hydrogens is 545 g/mol. The molecule has 0 radical (unpaired) electrons. The number of ether oxygens (including phenoxy) is 1. The second kappa shape index (κ2) is 10.1. The Morgan fingerprint density at radius 3 is 2.33 bits per heavy atom. The molecule has 2 aromatic rings. The van der Waals surface area contributed by atoms with E-state index in [1.165, 1.54) is 0 Å². The summed E-state index contributed by atoms with van der Waals surface area (Å²) in [5.74, 6) is 0.191. The molecule has 0 saturated carbocycles. The van der Waals surface area contributed by atoms with Crippen molar-refractivity contribution in [1.82, 2.24) is 24.4 Å². The van der Waals surface area contributed by atoms with Gasteiger partial charge in [-0.2, -0.15) is 4.98 Å². The molecule has 0 aromatic carbocycles. The quantitative estimate of drug-likeness (QED) is 0.290. The third-order valence-corrected chi connectivity index (χ3v) is 18.0. The van der Waals surface area contributed by atoms with Gasteiger partial charge in [-0.25, -0.2) is 9.98 Å². The van der Waals surface area contributed by atoms with Crippen LogP contribution in [0.5, 0.6) is 0 Å². The first-order chi connectivity index (χ1) is 18.2. The smallest absolute Gasteiger partial charge is 0.349 e. The van der Waals surface area contributed by atoms with Gasteiger partial charge in [0.2, 0.25) is 5.95 Å². The van der Waals surface area contributed by atoms with Crippen LogP contribution in [0.1, 0.15) is 68.5 Å². The van der Waals surface area contributed by atoms with Crippen molar-refractivity contribution in [2.24, 2.45) is 4.99 Å². The molecule has 2 aromatic heterocycles. The van der Waals surface area contributed by atoms with E-state index < -0.39 is 29.2 Å². The molecule has 2 saturated heterocycles. The van der Waals surface area contributed by atoms with Gasteiger partial charge in [0, 0.05) is 24.2 Å². The summed E-state index contributed by atoms with van der Waals surface area (Å²) in [6.07, 6.45) is 1.46. The summed E-state index contributed by atoms with van der Waals surface area (Å²) in [5.41, 5.74) is 0.246. The molecule has 0 unspecified atom stereocenters. The first kappa shape index (κ1) is 31.0. The van der Waals surface area contributed by atoms with Gasteiger partial charge in [-0.1, -0.05) is 62.3 Å². The van der Waals surface area contributed by atoms with Crippen molar-refractivity contribution < 1.29 is 18.0 Å². The Labute approximate surface area is 240 Å². The fourth-order valence-electron chi connectivity index (χ4n) is 5.52. The second-order valence-electron chi connectivity index (χ2n) is 14.8. The average Bonchev–Trinajstić information content (AvgIpc) is 3.36. The maximum atomic E-state index is 12.9.